The molecule has 0 spiro atoms. The average Bonchev–Trinajstić information content (AvgIpc) is 2.45. The topological polar surface area (TPSA) is 24.5 Å². The normalized spacial score (nSPS) is 17.6. The van der Waals surface area contributed by atoms with Crippen LogP contribution in [0.15, 0.2) is 24.3 Å². The lowest BCUT2D eigenvalue weighted by molar-refractivity contribution is -0.148. The molecule has 0 bridgehead atoms. The van der Waals surface area contributed by atoms with Crippen molar-refractivity contribution in [3.63, 3.8) is 0 Å². The fraction of sp³-hybridized carbons (Fsp3) is 0.600. The third-order valence-corrected chi connectivity index (χ3v) is 3.57. The summed E-state index contributed by atoms with van der Waals surface area (Å²) >= 11 is 0. The monoisotopic (exact) mass is 338 g/mol. The van der Waals surface area contributed by atoms with Crippen molar-refractivity contribution in [2.24, 2.45) is 0 Å². The second-order valence-electron chi connectivity index (χ2n) is 5.13. The molecule has 22 heavy (non-hydrogen) atoms. The molecule has 126 valence electrons. The van der Waals surface area contributed by atoms with Gasteiger partial charge in [-0.3, -0.25) is 4.90 Å². The first-order valence-corrected chi connectivity index (χ1v) is 7.24. The Bertz CT molecular complexity index is 451. The highest BCUT2D eigenvalue weighted by Crippen LogP contribution is 2.35. The van der Waals surface area contributed by atoms with E-state index in [1.54, 1.807) is 24.3 Å². The maximum atomic E-state index is 12.9. The van der Waals surface area contributed by atoms with E-state index in [-0.39, 0.29) is 12.4 Å². The molecule has 0 aromatic heterocycles. The van der Waals surface area contributed by atoms with Crippen LogP contribution < -0.4 is 10.1 Å². The summed E-state index contributed by atoms with van der Waals surface area (Å²) in [5.41, 5.74) is 0.667. The van der Waals surface area contributed by atoms with Gasteiger partial charge in [0.15, 0.2) is 0 Å². The zero-order valence-corrected chi connectivity index (χ0v) is 13.3. The molecule has 0 unspecified atom stereocenters. The molecule has 7 heteroatoms. The first kappa shape index (κ1) is 19.1. The summed E-state index contributed by atoms with van der Waals surface area (Å²) in [7, 11) is 0. The van der Waals surface area contributed by atoms with Gasteiger partial charge in [-0.2, -0.15) is 13.2 Å². The van der Waals surface area contributed by atoms with Gasteiger partial charge in [0, 0.05) is 32.2 Å². The van der Waals surface area contributed by atoms with Crippen molar-refractivity contribution in [3.05, 3.63) is 29.8 Å². The number of halogens is 4. The zero-order valence-electron chi connectivity index (χ0n) is 12.5. The van der Waals surface area contributed by atoms with Crippen molar-refractivity contribution < 1.29 is 17.9 Å². The van der Waals surface area contributed by atoms with Crippen LogP contribution in [0.3, 0.4) is 0 Å². The molecule has 1 atom stereocenters. The van der Waals surface area contributed by atoms with Gasteiger partial charge in [0.1, 0.15) is 5.75 Å². The van der Waals surface area contributed by atoms with Gasteiger partial charge in [-0.1, -0.05) is 12.1 Å². The molecule has 0 radical (unpaired) electrons. The van der Waals surface area contributed by atoms with E-state index in [0.29, 0.717) is 31.0 Å². The van der Waals surface area contributed by atoms with Gasteiger partial charge in [0.25, 0.3) is 0 Å². The van der Waals surface area contributed by atoms with Crippen molar-refractivity contribution in [1.29, 1.82) is 0 Å². The summed E-state index contributed by atoms with van der Waals surface area (Å²) in [5.74, 6) is 0.623. The quantitative estimate of drug-likeness (QED) is 0.890. The molecule has 1 aliphatic heterocycles. The Morgan fingerprint density at radius 2 is 1.95 bits per heavy atom. The SMILES string of the molecule is CCOc1cccc([C@@H](CC(F)(F)F)N2CCNCC2)c1.Cl. The van der Waals surface area contributed by atoms with E-state index in [4.69, 9.17) is 4.74 Å². The summed E-state index contributed by atoms with van der Waals surface area (Å²) in [5, 5.41) is 3.17. The number of rotatable bonds is 5. The van der Waals surface area contributed by atoms with Crippen LogP contribution >= 0.6 is 12.4 Å². The van der Waals surface area contributed by atoms with E-state index in [2.05, 4.69) is 5.32 Å². The Balaban J connectivity index is 0.00000242. The molecule has 2 rings (SSSR count). The Morgan fingerprint density at radius 3 is 2.55 bits per heavy atom. The standard InChI is InChI=1S/C15H21F3N2O.ClH/c1-2-21-13-5-3-4-12(10-13)14(11-15(16,17)18)20-8-6-19-7-9-20;/h3-5,10,14,19H,2,6-9,11H2,1H3;1H/t14-;/m1./s1. The molecule has 1 aromatic rings. The minimum absolute atomic E-state index is 0. The van der Waals surface area contributed by atoms with Crippen molar-refractivity contribution in [3.8, 4) is 5.75 Å². The van der Waals surface area contributed by atoms with Gasteiger partial charge in [0.05, 0.1) is 13.0 Å². The van der Waals surface area contributed by atoms with Gasteiger partial charge in [-0.25, -0.2) is 0 Å². The summed E-state index contributed by atoms with van der Waals surface area (Å²) in [6.07, 6.45) is -5.01. The van der Waals surface area contributed by atoms with Crippen molar-refractivity contribution in [1.82, 2.24) is 10.2 Å². The average molecular weight is 339 g/mol. The summed E-state index contributed by atoms with van der Waals surface area (Å²) in [6, 6.07) is 6.36. The van der Waals surface area contributed by atoms with E-state index in [9.17, 15) is 13.2 Å². The maximum Gasteiger partial charge on any atom is 0.390 e. The molecule has 0 aliphatic carbocycles. The predicted octanol–water partition coefficient (Wildman–Crippen LogP) is 3.41. The van der Waals surface area contributed by atoms with Crippen molar-refractivity contribution in [2.45, 2.75) is 25.6 Å². The number of benzene rings is 1. The molecular weight excluding hydrogens is 317 g/mol. The third-order valence-electron chi connectivity index (χ3n) is 3.57. The van der Waals surface area contributed by atoms with Crippen LogP contribution in [0.4, 0.5) is 13.2 Å². The van der Waals surface area contributed by atoms with E-state index in [1.165, 1.54) is 0 Å². The molecule has 1 N–H and O–H groups in total. The minimum atomic E-state index is -4.18. The van der Waals surface area contributed by atoms with Crippen LogP contribution in [-0.4, -0.2) is 43.9 Å². The number of piperazine rings is 1. The molecule has 1 saturated heterocycles. The third kappa shape index (κ3) is 5.66. The highest BCUT2D eigenvalue weighted by atomic mass is 35.5. The highest BCUT2D eigenvalue weighted by Gasteiger charge is 2.36. The van der Waals surface area contributed by atoms with E-state index in [1.807, 2.05) is 11.8 Å². The number of nitrogens with one attached hydrogen (secondary N) is 1. The molecule has 0 saturated carbocycles. The first-order chi connectivity index (χ1) is 9.99. The number of alkyl halides is 3. The van der Waals surface area contributed by atoms with Crippen LogP contribution in [0.2, 0.25) is 0 Å². The van der Waals surface area contributed by atoms with Crippen molar-refractivity contribution in [2.75, 3.05) is 32.8 Å². The lowest BCUT2D eigenvalue weighted by Gasteiger charge is -2.35. The Kier molecular flexibility index (Phi) is 7.45. The van der Waals surface area contributed by atoms with Crippen LogP contribution in [0, 0.1) is 0 Å². The fourth-order valence-corrected chi connectivity index (χ4v) is 2.65. The first-order valence-electron chi connectivity index (χ1n) is 7.24. The molecule has 1 aromatic carbocycles. The number of hydrogen-bond acceptors (Lipinski definition) is 3. The van der Waals surface area contributed by atoms with Gasteiger partial charge >= 0.3 is 6.18 Å². The summed E-state index contributed by atoms with van der Waals surface area (Å²) in [6.45, 7) is 5.05. The van der Waals surface area contributed by atoms with Gasteiger partial charge in [-0.05, 0) is 24.6 Å². The molecule has 1 aliphatic rings. The summed E-state index contributed by atoms with van der Waals surface area (Å²) < 4.78 is 44.2. The van der Waals surface area contributed by atoms with Crippen LogP contribution in [0.1, 0.15) is 24.9 Å². The van der Waals surface area contributed by atoms with Gasteiger partial charge < -0.3 is 10.1 Å². The molecule has 1 fully saturated rings. The smallest absolute Gasteiger partial charge is 0.390 e. The molecule has 0 amide bonds. The Labute approximate surface area is 135 Å². The van der Waals surface area contributed by atoms with E-state index < -0.39 is 18.6 Å². The van der Waals surface area contributed by atoms with E-state index >= 15 is 0 Å². The lowest BCUT2D eigenvalue weighted by atomic mass is 10.0. The van der Waals surface area contributed by atoms with E-state index in [0.717, 1.165) is 13.1 Å². The number of hydrogen-bond donors (Lipinski definition) is 1. The maximum absolute atomic E-state index is 12.9. The predicted molar refractivity (Wildman–Crippen MR) is 82.7 cm³/mol. The fourth-order valence-electron chi connectivity index (χ4n) is 2.65. The second-order valence-corrected chi connectivity index (χ2v) is 5.13. The number of nitrogens with zero attached hydrogens (tertiary/aromatic N) is 1. The largest absolute Gasteiger partial charge is 0.494 e. The minimum Gasteiger partial charge on any atom is -0.494 e. The second kappa shape index (κ2) is 8.60. The molecular formula is C15H22ClF3N2O. The Hall–Kier alpha value is -0.980. The zero-order chi connectivity index (χ0) is 15.3. The van der Waals surface area contributed by atoms with Gasteiger partial charge in [-0.15, -0.1) is 12.4 Å². The van der Waals surface area contributed by atoms with Crippen LogP contribution in [0.5, 0.6) is 5.75 Å². The Morgan fingerprint density at radius 1 is 1.27 bits per heavy atom. The van der Waals surface area contributed by atoms with Gasteiger partial charge in [0.2, 0.25) is 0 Å². The van der Waals surface area contributed by atoms with Crippen molar-refractivity contribution >= 4 is 12.4 Å². The van der Waals surface area contributed by atoms with Crippen LogP contribution in [0.25, 0.3) is 0 Å². The number of ether oxygens (including phenoxy) is 1. The molecule has 3 nitrogen and oxygen atoms in total. The highest BCUT2D eigenvalue weighted by molar-refractivity contribution is 5.85. The van der Waals surface area contributed by atoms with Crippen LogP contribution in [-0.2, 0) is 0 Å². The summed E-state index contributed by atoms with van der Waals surface area (Å²) in [4.78, 5) is 1.90. The lowest BCUT2D eigenvalue weighted by Crippen LogP contribution is -2.46. The molecule has 1 heterocycles.